The van der Waals surface area contributed by atoms with E-state index >= 15 is 0 Å². The first-order chi connectivity index (χ1) is 19.0. The van der Waals surface area contributed by atoms with Crippen molar-refractivity contribution in [3.05, 3.63) is 47.2 Å². The van der Waals surface area contributed by atoms with Gasteiger partial charge in [-0.25, -0.2) is 19.3 Å². The summed E-state index contributed by atoms with van der Waals surface area (Å²) < 4.78 is 5.01. The summed E-state index contributed by atoms with van der Waals surface area (Å²) in [6.07, 6.45) is 0. The number of esters is 1. The van der Waals surface area contributed by atoms with Gasteiger partial charge in [-0.05, 0) is 12.5 Å². The standard InChI is InChI=1S/C25H29N5O8S2/c1-14(32)38-12-16-13-40-22-25(2,21(39)30(22)18(16)20(34)35)27-19(33)17(15-6-4-3-5-7-15)26-23(36)29-9-8-28(10-11-31)24(29)37/h3-7,17,22,31H,8-13H2,1-2H3,(H,26,36)(H,27,33)(H,34,35)/t17?,22-,25+/m0/s1. The molecule has 214 valence electrons. The van der Waals surface area contributed by atoms with Gasteiger partial charge in [0.2, 0.25) is 5.91 Å². The Labute approximate surface area is 239 Å². The topological polar surface area (TPSA) is 169 Å². The molecule has 5 amide bonds. The first-order valence-corrected chi connectivity index (χ1v) is 13.8. The molecular formula is C25H29N5O8S2. The van der Waals surface area contributed by atoms with E-state index < -0.39 is 46.9 Å². The molecule has 3 aliphatic rings. The van der Waals surface area contributed by atoms with E-state index in [0.29, 0.717) is 11.1 Å². The van der Waals surface area contributed by atoms with Gasteiger partial charge in [0.05, 0.1) is 6.61 Å². The van der Waals surface area contributed by atoms with Crippen molar-refractivity contribution in [1.82, 2.24) is 25.3 Å². The SMILES string of the molecule is CC(=O)OCC1=C(C(=O)O)N2C(=S)[C@@](C)(NC(=O)C(NC(=O)N3CCN(CCO)C3=O)c3ccccc3)[C@@H]2SC1. The number of carboxylic acids is 1. The molecular weight excluding hydrogens is 562 g/mol. The minimum absolute atomic E-state index is 0.0883. The number of fused-ring (bicyclic) bond motifs is 1. The van der Waals surface area contributed by atoms with Crippen LogP contribution in [0.1, 0.15) is 25.5 Å². The highest BCUT2D eigenvalue weighted by molar-refractivity contribution is 8.00. The van der Waals surface area contributed by atoms with Gasteiger partial charge in [-0.15, -0.1) is 11.8 Å². The number of aliphatic hydroxyl groups excluding tert-OH is 1. The van der Waals surface area contributed by atoms with Crippen LogP contribution in [0.5, 0.6) is 0 Å². The highest BCUT2D eigenvalue weighted by atomic mass is 32.2. The van der Waals surface area contributed by atoms with Crippen LogP contribution in [0.4, 0.5) is 9.59 Å². The van der Waals surface area contributed by atoms with Crippen molar-refractivity contribution in [2.45, 2.75) is 30.8 Å². The van der Waals surface area contributed by atoms with E-state index in [-0.39, 0.29) is 49.3 Å². The van der Waals surface area contributed by atoms with Crippen molar-refractivity contribution >= 4 is 58.9 Å². The number of hydrogen-bond acceptors (Lipinski definition) is 9. The van der Waals surface area contributed by atoms with Gasteiger partial charge < -0.3 is 35.4 Å². The Bertz CT molecular complexity index is 1270. The maximum atomic E-state index is 13.7. The number of aliphatic carboxylic acids is 1. The van der Waals surface area contributed by atoms with Crippen LogP contribution in [0.2, 0.25) is 0 Å². The third-order valence-corrected chi connectivity index (χ3v) is 8.92. The molecule has 15 heteroatoms. The predicted molar refractivity (Wildman–Crippen MR) is 147 cm³/mol. The molecule has 0 spiro atoms. The van der Waals surface area contributed by atoms with E-state index in [1.807, 2.05) is 0 Å². The van der Waals surface area contributed by atoms with Crippen LogP contribution < -0.4 is 10.6 Å². The number of amides is 5. The number of imide groups is 1. The van der Waals surface area contributed by atoms with Crippen LogP contribution in [0, 0.1) is 0 Å². The van der Waals surface area contributed by atoms with Crippen LogP contribution in [0.25, 0.3) is 0 Å². The van der Waals surface area contributed by atoms with Crippen LogP contribution in [-0.2, 0) is 19.1 Å². The summed E-state index contributed by atoms with van der Waals surface area (Å²) in [6, 6.07) is 5.94. The molecule has 0 bridgehead atoms. The Hall–Kier alpha value is -3.69. The quantitative estimate of drug-likeness (QED) is 0.235. The molecule has 4 rings (SSSR count). The van der Waals surface area contributed by atoms with Crippen LogP contribution in [0.3, 0.4) is 0 Å². The van der Waals surface area contributed by atoms with Gasteiger partial charge in [-0.3, -0.25) is 9.59 Å². The molecule has 1 unspecified atom stereocenters. The second kappa shape index (κ2) is 11.8. The van der Waals surface area contributed by atoms with E-state index in [1.165, 1.54) is 28.5 Å². The Morgan fingerprint density at radius 2 is 1.93 bits per heavy atom. The number of nitrogens with zero attached hydrogens (tertiary/aromatic N) is 3. The maximum absolute atomic E-state index is 13.7. The Morgan fingerprint density at radius 3 is 2.55 bits per heavy atom. The van der Waals surface area contributed by atoms with Gasteiger partial charge in [0, 0.05) is 37.9 Å². The van der Waals surface area contributed by atoms with Crippen molar-refractivity contribution in [3.63, 3.8) is 0 Å². The van der Waals surface area contributed by atoms with Gasteiger partial charge in [-0.1, -0.05) is 42.5 Å². The highest BCUT2D eigenvalue weighted by Gasteiger charge is 2.60. The third-order valence-electron chi connectivity index (χ3n) is 6.79. The number of benzene rings is 1. The lowest BCUT2D eigenvalue weighted by molar-refractivity contribution is -0.140. The lowest BCUT2D eigenvalue weighted by Gasteiger charge is -2.58. The number of carboxylic acid groups (broad SMARTS) is 1. The number of rotatable bonds is 9. The number of urea groups is 2. The smallest absolute Gasteiger partial charge is 0.352 e. The van der Waals surface area contributed by atoms with Gasteiger partial charge in [0.15, 0.2) is 0 Å². The van der Waals surface area contributed by atoms with E-state index in [1.54, 1.807) is 37.3 Å². The number of thioether (sulfide) groups is 1. The van der Waals surface area contributed by atoms with Gasteiger partial charge in [0.25, 0.3) is 0 Å². The number of carbonyl (C=O) groups excluding carboxylic acids is 4. The Balaban J connectivity index is 1.53. The summed E-state index contributed by atoms with van der Waals surface area (Å²) in [5.74, 6) is -2.14. The monoisotopic (exact) mass is 591 g/mol. The van der Waals surface area contributed by atoms with Crippen LogP contribution >= 0.6 is 24.0 Å². The number of carbonyl (C=O) groups is 5. The summed E-state index contributed by atoms with van der Waals surface area (Å²) in [5, 5.41) is 24.0. The van der Waals surface area contributed by atoms with Gasteiger partial charge in [0.1, 0.15) is 34.2 Å². The van der Waals surface area contributed by atoms with Crippen LogP contribution in [0.15, 0.2) is 41.6 Å². The highest BCUT2D eigenvalue weighted by Crippen LogP contribution is 2.47. The average Bonchev–Trinajstić information content (AvgIpc) is 3.29. The Kier molecular flexibility index (Phi) is 8.65. The van der Waals surface area contributed by atoms with Crippen molar-refractivity contribution in [2.75, 3.05) is 38.6 Å². The molecule has 0 aromatic heterocycles. The lowest BCUT2D eigenvalue weighted by Crippen LogP contribution is -2.78. The second-order valence-electron chi connectivity index (χ2n) is 9.51. The predicted octanol–water partition coefficient (Wildman–Crippen LogP) is 0.660. The molecule has 1 aromatic carbocycles. The fraction of sp³-hybridized carbons (Fsp3) is 0.440. The molecule has 1 aromatic rings. The third kappa shape index (κ3) is 5.48. The summed E-state index contributed by atoms with van der Waals surface area (Å²) in [5.41, 5.74) is -0.373. The number of nitrogens with one attached hydrogen (secondary N) is 2. The fourth-order valence-corrected chi connectivity index (χ4v) is 6.72. The van der Waals surface area contributed by atoms with Crippen molar-refractivity contribution in [2.24, 2.45) is 0 Å². The first kappa shape index (κ1) is 29.3. The number of ether oxygens (including phenoxy) is 1. The second-order valence-corrected chi connectivity index (χ2v) is 11.0. The lowest BCUT2D eigenvalue weighted by atomic mass is 9.88. The zero-order chi connectivity index (χ0) is 29.2. The summed E-state index contributed by atoms with van der Waals surface area (Å²) in [4.78, 5) is 66.6. The normalized spacial score (nSPS) is 22.9. The molecule has 40 heavy (non-hydrogen) atoms. The minimum Gasteiger partial charge on any atom is -0.477 e. The van der Waals surface area contributed by atoms with Gasteiger partial charge >= 0.3 is 24.0 Å². The molecule has 2 fully saturated rings. The maximum Gasteiger partial charge on any atom is 0.352 e. The zero-order valence-electron chi connectivity index (χ0n) is 21.8. The summed E-state index contributed by atoms with van der Waals surface area (Å²) in [7, 11) is 0. The molecule has 3 heterocycles. The largest absolute Gasteiger partial charge is 0.477 e. The summed E-state index contributed by atoms with van der Waals surface area (Å²) in [6.45, 7) is 2.93. The Morgan fingerprint density at radius 1 is 1.23 bits per heavy atom. The number of thiocarbonyl (C=S) groups is 1. The summed E-state index contributed by atoms with van der Waals surface area (Å²) >= 11 is 6.92. The minimum atomic E-state index is -1.23. The zero-order valence-corrected chi connectivity index (χ0v) is 23.4. The molecule has 4 N–H and O–H groups in total. The van der Waals surface area contributed by atoms with E-state index in [0.717, 1.165) is 4.90 Å². The molecule has 2 saturated heterocycles. The molecule has 13 nitrogen and oxygen atoms in total. The number of β-amino-alcohol motifs (C(OH)–C–C–N with tert-alkyl or cyclic N) is 1. The molecule has 3 aliphatic heterocycles. The molecule has 0 aliphatic carbocycles. The average molecular weight is 592 g/mol. The van der Waals surface area contributed by atoms with Crippen molar-refractivity contribution in [1.29, 1.82) is 0 Å². The number of hydrogen-bond donors (Lipinski definition) is 4. The van der Waals surface area contributed by atoms with E-state index in [2.05, 4.69) is 10.6 Å². The van der Waals surface area contributed by atoms with E-state index in [9.17, 15) is 29.1 Å². The van der Waals surface area contributed by atoms with Crippen molar-refractivity contribution < 1.29 is 38.9 Å². The molecule has 3 atom stereocenters. The molecule has 0 saturated carbocycles. The number of aliphatic hydroxyl groups is 1. The first-order valence-electron chi connectivity index (χ1n) is 12.4. The fourth-order valence-electron chi connectivity index (χ4n) is 4.78. The molecule has 0 radical (unpaired) electrons. The van der Waals surface area contributed by atoms with E-state index in [4.69, 9.17) is 22.1 Å². The van der Waals surface area contributed by atoms with Gasteiger partial charge in [-0.2, -0.15) is 0 Å². The van der Waals surface area contributed by atoms with Crippen molar-refractivity contribution in [3.8, 4) is 0 Å². The van der Waals surface area contributed by atoms with Crippen LogP contribution in [-0.4, -0.2) is 109 Å².